The minimum absolute atomic E-state index is 0.0208. The van der Waals surface area contributed by atoms with E-state index < -0.39 is 78.7 Å². The zero-order valence-corrected chi connectivity index (χ0v) is 29.1. The molecule has 48 heavy (non-hydrogen) atoms. The number of hydrogen-bond donors (Lipinski definition) is 14. The Morgan fingerprint density at radius 2 is 0.833 bits per heavy atom. The van der Waals surface area contributed by atoms with E-state index in [9.17, 15) is 28.8 Å². The van der Waals surface area contributed by atoms with E-state index in [0.717, 1.165) is 19.3 Å². The van der Waals surface area contributed by atoms with Gasteiger partial charge in [-0.2, -0.15) is 0 Å². The van der Waals surface area contributed by atoms with Crippen LogP contribution in [0.15, 0.2) is 0 Å². The lowest BCUT2D eigenvalue weighted by Gasteiger charge is -2.11. The predicted octanol–water partition coefficient (Wildman–Crippen LogP) is -2.11. The number of aliphatic hydroxyl groups is 1. The van der Waals surface area contributed by atoms with E-state index in [2.05, 4.69) is 0 Å². The molecule has 0 rings (SSSR count). The molecule has 21 N–H and O–H groups in total. The molecule has 0 aromatic carbocycles. The lowest BCUT2D eigenvalue weighted by molar-refractivity contribution is -0.140. The molecule has 0 aliphatic carbocycles. The van der Waals surface area contributed by atoms with Crippen LogP contribution < -0.4 is 40.1 Å². The van der Waals surface area contributed by atoms with Crippen molar-refractivity contribution in [3.8, 4) is 0 Å². The molecule has 0 spiro atoms. The minimum Gasteiger partial charge on any atom is -0.480 e. The van der Waals surface area contributed by atoms with E-state index in [0.29, 0.717) is 13.0 Å². The van der Waals surface area contributed by atoms with Crippen LogP contribution >= 0.6 is 0 Å². The molecule has 0 amide bonds. The molecular formula is C28H63N7O13. The molecule has 0 bridgehead atoms. The van der Waals surface area contributed by atoms with Gasteiger partial charge in [0.05, 0.1) is 6.61 Å². The number of aliphatic hydroxyl groups excluding tert-OH is 1. The Bertz CT molecular complexity index is 855. The Balaban J connectivity index is -0.000000111. The second kappa shape index (κ2) is 34.8. The van der Waals surface area contributed by atoms with Gasteiger partial charge in [0.15, 0.2) is 0 Å². The summed E-state index contributed by atoms with van der Waals surface area (Å²) in [5.74, 6) is -5.73. The van der Waals surface area contributed by atoms with Crippen LogP contribution in [-0.4, -0.2) is 121 Å². The SMILES string of the molecule is CC(C)[C@H](N)C(=O)O.CC(C)[C@H](N)C(=O)O.CC[C@H](C)[C@H](N)C(=O)O.C[C@H](N)C(=O)O.NCCCC[C@H](N)C(=O)O.N[C@@H](CO)C(=O)O. The van der Waals surface area contributed by atoms with Gasteiger partial charge in [-0.3, -0.25) is 28.8 Å². The van der Waals surface area contributed by atoms with E-state index in [-0.39, 0.29) is 17.8 Å². The Morgan fingerprint density at radius 3 is 0.938 bits per heavy atom. The maximum atomic E-state index is 10.2. The molecule has 288 valence electrons. The van der Waals surface area contributed by atoms with Gasteiger partial charge >= 0.3 is 35.8 Å². The van der Waals surface area contributed by atoms with E-state index in [1.54, 1.807) is 27.7 Å². The molecular weight excluding hydrogens is 642 g/mol. The summed E-state index contributed by atoms with van der Waals surface area (Å²) in [4.78, 5) is 59.6. The fourth-order valence-electron chi connectivity index (χ4n) is 1.78. The maximum absolute atomic E-state index is 10.2. The summed E-state index contributed by atoms with van der Waals surface area (Å²) >= 11 is 0. The van der Waals surface area contributed by atoms with Crippen LogP contribution in [0, 0.1) is 17.8 Å². The summed E-state index contributed by atoms with van der Waals surface area (Å²) < 4.78 is 0. The molecule has 0 saturated heterocycles. The highest BCUT2D eigenvalue weighted by atomic mass is 16.4. The lowest BCUT2D eigenvalue weighted by atomic mass is 10.0. The van der Waals surface area contributed by atoms with Crippen LogP contribution in [-0.2, 0) is 28.8 Å². The highest BCUT2D eigenvalue weighted by molar-refractivity contribution is 5.74. The Kier molecular flexibility index (Phi) is 41.2. The molecule has 0 fully saturated rings. The van der Waals surface area contributed by atoms with Gasteiger partial charge < -0.3 is 75.9 Å². The standard InChI is InChI=1S/C6H14N2O2.C6H13NO2.2C5H11NO2.C3H7NO3.C3H7NO2/c7-4-2-1-3-5(8)6(9)10;1-3-4(2)5(7)6(8)9;2*1-3(2)4(6)5(7)8;4-2(1-5)3(6)7;1-2(4)3(5)6/h5H,1-4,7-8H2,(H,9,10);4-5H,3,7H2,1-2H3,(H,8,9);2*3-4H,6H2,1-2H3,(H,7,8);2,5H,1,4H2,(H,6,7);2H,4H2,1H3,(H,5,6)/t5-;4-,5-;2*4-;2*2-/m000000/s1. The van der Waals surface area contributed by atoms with Crippen LogP contribution in [0.1, 0.15) is 74.1 Å². The molecule has 0 aliphatic rings. The second-order valence-electron chi connectivity index (χ2n) is 10.9. The second-order valence-corrected chi connectivity index (χ2v) is 10.9. The lowest BCUT2D eigenvalue weighted by Crippen LogP contribution is -2.36. The third-order valence-corrected chi connectivity index (χ3v) is 5.74. The highest BCUT2D eigenvalue weighted by Crippen LogP contribution is 2.04. The Hall–Kier alpha value is -3.50. The fourth-order valence-corrected chi connectivity index (χ4v) is 1.78. The van der Waals surface area contributed by atoms with Crippen LogP contribution in [0.5, 0.6) is 0 Å². The van der Waals surface area contributed by atoms with Gasteiger partial charge in [-0.15, -0.1) is 0 Å². The zero-order valence-electron chi connectivity index (χ0n) is 29.1. The smallest absolute Gasteiger partial charge is 0.322 e. The van der Waals surface area contributed by atoms with E-state index in [1.165, 1.54) is 6.92 Å². The van der Waals surface area contributed by atoms with Gasteiger partial charge in [0.2, 0.25) is 0 Å². The monoisotopic (exact) mass is 705 g/mol. The first-order valence-electron chi connectivity index (χ1n) is 14.9. The van der Waals surface area contributed by atoms with Crippen molar-refractivity contribution in [3.63, 3.8) is 0 Å². The summed E-state index contributed by atoms with van der Waals surface area (Å²) in [6.07, 6.45) is 2.98. The first kappa shape index (κ1) is 56.8. The number of nitrogens with two attached hydrogens (primary N) is 7. The topological polar surface area (TPSA) is 426 Å². The molecule has 0 unspecified atom stereocenters. The van der Waals surface area contributed by atoms with Gasteiger partial charge in [-0.05, 0) is 44.1 Å². The van der Waals surface area contributed by atoms with Crippen molar-refractivity contribution in [2.75, 3.05) is 13.2 Å². The zero-order chi connectivity index (χ0) is 39.9. The molecule has 20 nitrogen and oxygen atoms in total. The molecule has 0 aliphatic heterocycles. The number of hydrogen-bond acceptors (Lipinski definition) is 14. The van der Waals surface area contributed by atoms with Crippen LogP contribution in [0.4, 0.5) is 0 Å². The maximum Gasteiger partial charge on any atom is 0.322 e. The minimum atomic E-state index is -1.18. The predicted molar refractivity (Wildman–Crippen MR) is 178 cm³/mol. The van der Waals surface area contributed by atoms with Crippen LogP contribution in [0.3, 0.4) is 0 Å². The van der Waals surface area contributed by atoms with Crippen molar-refractivity contribution in [1.82, 2.24) is 0 Å². The molecule has 0 aromatic heterocycles. The fraction of sp³-hybridized carbons (Fsp3) is 0.786. The van der Waals surface area contributed by atoms with Crippen LogP contribution in [0.2, 0.25) is 0 Å². The molecule has 0 aromatic rings. The van der Waals surface area contributed by atoms with Crippen LogP contribution in [0.25, 0.3) is 0 Å². The van der Waals surface area contributed by atoms with Crippen molar-refractivity contribution in [2.45, 2.75) is 110 Å². The van der Waals surface area contributed by atoms with E-state index in [1.807, 2.05) is 13.8 Å². The summed E-state index contributed by atoms with van der Waals surface area (Å²) in [7, 11) is 0. The summed E-state index contributed by atoms with van der Waals surface area (Å²) in [6, 6.07) is -4.70. The summed E-state index contributed by atoms with van der Waals surface area (Å²) in [6.45, 7) is 12.4. The average molecular weight is 706 g/mol. The number of aliphatic carboxylic acids is 6. The first-order valence-corrected chi connectivity index (χ1v) is 14.9. The normalized spacial score (nSPS) is 14.2. The number of unbranched alkanes of at least 4 members (excludes halogenated alkanes) is 1. The Morgan fingerprint density at radius 1 is 0.521 bits per heavy atom. The summed E-state index contributed by atoms with van der Waals surface area (Å²) in [5.41, 5.74) is 35.6. The molecule has 0 radical (unpaired) electrons. The van der Waals surface area contributed by atoms with Gasteiger partial charge in [0.25, 0.3) is 0 Å². The molecule has 0 saturated carbocycles. The number of carboxylic acid groups (broad SMARTS) is 6. The number of rotatable bonds is 15. The van der Waals surface area contributed by atoms with E-state index >= 15 is 0 Å². The van der Waals surface area contributed by atoms with Gasteiger partial charge in [0.1, 0.15) is 36.3 Å². The first-order chi connectivity index (χ1) is 21.7. The van der Waals surface area contributed by atoms with Gasteiger partial charge in [-0.1, -0.05) is 54.4 Å². The van der Waals surface area contributed by atoms with Crippen molar-refractivity contribution in [1.29, 1.82) is 0 Å². The average Bonchev–Trinajstić information content (AvgIpc) is 2.99. The van der Waals surface area contributed by atoms with E-state index in [4.69, 9.17) is 75.9 Å². The van der Waals surface area contributed by atoms with Gasteiger partial charge in [0, 0.05) is 0 Å². The summed E-state index contributed by atoms with van der Waals surface area (Å²) in [5, 5.41) is 56.9. The highest BCUT2D eigenvalue weighted by Gasteiger charge is 2.17. The number of carbonyl (C=O) groups is 6. The molecule has 20 heteroatoms. The van der Waals surface area contributed by atoms with Crippen molar-refractivity contribution < 1.29 is 64.5 Å². The largest absolute Gasteiger partial charge is 0.480 e. The van der Waals surface area contributed by atoms with Gasteiger partial charge in [-0.25, -0.2) is 0 Å². The van der Waals surface area contributed by atoms with Crippen molar-refractivity contribution in [2.24, 2.45) is 57.9 Å². The van der Waals surface area contributed by atoms with Crippen molar-refractivity contribution >= 4 is 35.8 Å². The third kappa shape index (κ3) is 42.5. The Labute approximate surface area is 282 Å². The molecule has 7 atom stereocenters. The quantitative estimate of drug-likeness (QED) is 0.0810. The third-order valence-electron chi connectivity index (χ3n) is 5.74. The number of carboxylic acids is 6. The molecule has 0 heterocycles. The van der Waals surface area contributed by atoms with Crippen molar-refractivity contribution in [3.05, 3.63) is 0 Å².